The number of rotatable bonds is 4. The second-order valence-electron chi connectivity index (χ2n) is 5.06. The first-order valence-corrected chi connectivity index (χ1v) is 6.63. The summed E-state index contributed by atoms with van der Waals surface area (Å²) in [6.45, 7) is 3.03. The van der Waals surface area contributed by atoms with Gasteiger partial charge < -0.3 is 14.4 Å². The van der Waals surface area contributed by atoms with Crippen molar-refractivity contribution in [3.8, 4) is 0 Å². The molecule has 2 aliphatic rings. The van der Waals surface area contributed by atoms with Gasteiger partial charge in [0.2, 0.25) is 5.91 Å². The Kier molecular flexibility index (Phi) is 4.22. The summed E-state index contributed by atoms with van der Waals surface area (Å²) in [6.07, 6.45) is 3.51. The Morgan fingerprint density at radius 3 is 2.33 bits per heavy atom. The van der Waals surface area contributed by atoms with Crippen LogP contribution in [0.25, 0.3) is 0 Å². The Bertz CT molecular complexity index is 321. The van der Waals surface area contributed by atoms with Gasteiger partial charge in [-0.05, 0) is 32.6 Å². The fourth-order valence-corrected chi connectivity index (χ4v) is 2.48. The van der Waals surface area contributed by atoms with Crippen molar-refractivity contribution in [1.82, 2.24) is 4.90 Å². The third kappa shape index (κ3) is 2.83. The molecule has 1 aliphatic heterocycles. The monoisotopic (exact) mass is 255 g/mol. The predicted molar refractivity (Wildman–Crippen MR) is 64.9 cm³/mol. The molecule has 5 heteroatoms. The van der Waals surface area contributed by atoms with Crippen molar-refractivity contribution in [2.75, 3.05) is 20.3 Å². The van der Waals surface area contributed by atoms with E-state index in [1.54, 1.807) is 11.8 Å². The number of carbonyl (C=O) groups is 2. The summed E-state index contributed by atoms with van der Waals surface area (Å²) in [5.41, 5.74) is 0. The van der Waals surface area contributed by atoms with E-state index in [2.05, 4.69) is 0 Å². The van der Waals surface area contributed by atoms with Crippen molar-refractivity contribution in [3.63, 3.8) is 0 Å². The molecule has 2 fully saturated rings. The first kappa shape index (κ1) is 13.3. The van der Waals surface area contributed by atoms with Gasteiger partial charge in [-0.25, -0.2) is 4.79 Å². The van der Waals surface area contributed by atoms with Crippen molar-refractivity contribution in [2.24, 2.45) is 5.92 Å². The average molecular weight is 255 g/mol. The number of ether oxygens (including phenoxy) is 2. The molecule has 1 heterocycles. The molecular formula is C13H21NO4. The third-order valence-electron chi connectivity index (χ3n) is 3.72. The first-order valence-electron chi connectivity index (χ1n) is 6.63. The Morgan fingerprint density at radius 1 is 1.22 bits per heavy atom. The van der Waals surface area contributed by atoms with Crippen LogP contribution in [0.5, 0.6) is 0 Å². The SMILES string of the molecule is COC(=O)C(C)N(C(=O)C1CCOCC1)C1CC1. The smallest absolute Gasteiger partial charge is 0.328 e. The van der Waals surface area contributed by atoms with Crippen molar-refractivity contribution in [3.05, 3.63) is 0 Å². The van der Waals surface area contributed by atoms with Crippen LogP contribution >= 0.6 is 0 Å². The highest BCUT2D eigenvalue weighted by atomic mass is 16.5. The van der Waals surface area contributed by atoms with Crippen LogP contribution in [0.4, 0.5) is 0 Å². The van der Waals surface area contributed by atoms with E-state index in [4.69, 9.17) is 9.47 Å². The van der Waals surface area contributed by atoms with E-state index >= 15 is 0 Å². The summed E-state index contributed by atoms with van der Waals surface area (Å²) in [6, 6.07) is -0.243. The van der Waals surface area contributed by atoms with Crippen LogP contribution in [0.3, 0.4) is 0 Å². The summed E-state index contributed by atoms with van der Waals surface area (Å²) in [7, 11) is 1.36. The maximum atomic E-state index is 12.5. The molecule has 102 valence electrons. The molecule has 1 aliphatic carbocycles. The lowest BCUT2D eigenvalue weighted by atomic mass is 9.97. The molecular weight excluding hydrogens is 234 g/mol. The van der Waals surface area contributed by atoms with Crippen LogP contribution in [0.15, 0.2) is 0 Å². The number of hydrogen-bond acceptors (Lipinski definition) is 4. The lowest BCUT2D eigenvalue weighted by Crippen LogP contribution is -2.48. The highest BCUT2D eigenvalue weighted by molar-refractivity contribution is 5.86. The molecule has 1 unspecified atom stereocenters. The minimum Gasteiger partial charge on any atom is -0.467 e. The van der Waals surface area contributed by atoms with Gasteiger partial charge in [-0.1, -0.05) is 0 Å². The summed E-state index contributed by atoms with van der Waals surface area (Å²) in [5.74, 6) is -0.229. The zero-order chi connectivity index (χ0) is 13.1. The molecule has 0 aromatic heterocycles. The van der Waals surface area contributed by atoms with E-state index < -0.39 is 6.04 Å². The highest BCUT2D eigenvalue weighted by Crippen LogP contribution is 2.32. The Labute approximate surface area is 107 Å². The molecule has 0 aromatic rings. The van der Waals surface area contributed by atoms with Gasteiger partial charge in [-0.15, -0.1) is 0 Å². The van der Waals surface area contributed by atoms with E-state index in [1.807, 2.05) is 0 Å². The lowest BCUT2D eigenvalue weighted by Gasteiger charge is -2.32. The number of amides is 1. The molecule has 1 saturated carbocycles. The fraction of sp³-hybridized carbons (Fsp3) is 0.846. The van der Waals surface area contributed by atoms with Crippen LogP contribution < -0.4 is 0 Å². The summed E-state index contributed by atoms with van der Waals surface area (Å²) < 4.78 is 10.0. The Hall–Kier alpha value is -1.10. The molecule has 0 aromatic carbocycles. The van der Waals surface area contributed by atoms with Crippen molar-refractivity contribution < 1.29 is 19.1 Å². The third-order valence-corrected chi connectivity index (χ3v) is 3.72. The maximum absolute atomic E-state index is 12.5. The van der Waals surface area contributed by atoms with E-state index in [1.165, 1.54) is 7.11 Å². The van der Waals surface area contributed by atoms with Crippen LogP contribution in [0.2, 0.25) is 0 Å². The summed E-state index contributed by atoms with van der Waals surface area (Å²) in [4.78, 5) is 25.9. The van der Waals surface area contributed by atoms with E-state index in [9.17, 15) is 9.59 Å². The topological polar surface area (TPSA) is 55.8 Å². The second-order valence-corrected chi connectivity index (χ2v) is 5.06. The minimum atomic E-state index is -0.474. The van der Waals surface area contributed by atoms with Gasteiger partial charge in [0, 0.05) is 25.2 Å². The average Bonchev–Trinajstić information content (AvgIpc) is 3.23. The lowest BCUT2D eigenvalue weighted by molar-refractivity contribution is -0.155. The van der Waals surface area contributed by atoms with Crippen LogP contribution in [-0.2, 0) is 19.1 Å². The number of esters is 1. The van der Waals surface area contributed by atoms with Crippen molar-refractivity contribution >= 4 is 11.9 Å². The van der Waals surface area contributed by atoms with Gasteiger partial charge >= 0.3 is 5.97 Å². The number of nitrogens with zero attached hydrogens (tertiary/aromatic N) is 1. The predicted octanol–water partition coefficient (Wildman–Crippen LogP) is 0.965. The molecule has 1 saturated heterocycles. The largest absolute Gasteiger partial charge is 0.467 e. The van der Waals surface area contributed by atoms with Crippen molar-refractivity contribution in [2.45, 2.75) is 44.7 Å². The molecule has 0 bridgehead atoms. The zero-order valence-electron chi connectivity index (χ0n) is 11.1. The summed E-state index contributed by atoms with van der Waals surface area (Å²) >= 11 is 0. The Morgan fingerprint density at radius 2 is 1.83 bits per heavy atom. The molecule has 5 nitrogen and oxygen atoms in total. The van der Waals surface area contributed by atoms with E-state index in [-0.39, 0.29) is 23.8 Å². The minimum absolute atomic E-state index is 0.00598. The summed E-state index contributed by atoms with van der Waals surface area (Å²) in [5, 5.41) is 0. The number of hydrogen-bond donors (Lipinski definition) is 0. The first-order chi connectivity index (χ1) is 8.65. The van der Waals surface area contributed by atoms with Gasteiger partial charge in [0.15, 0.2) is 0 Å². The van der Waals surface area contributed by atoms with Crippen LogP contribution in [0.1, 0.15) is 32.6 Å². The van der Waals surface area contributed by atoms with Gasteiger partial charge in [-0.3, -0.25) is 4.79 Å². The van der Waals surface area contributed by atoms with Gasteiger partial charge in [0.25, 0.3) is 0 Å². The van der Waals surface area contributed by atoms with Crippen molar-refractivity contribution in [1.29, 1.82) is 0 Å². The number of carbonyl (C=O) groups excluding carboxylic acids is 2. The number of methoxy groups -OCH3 is 1. The molecule has 1 amide bonds. The molecule has 1 atom stereocenters. The maximum Gasteiger partial charge on any atom is 0.328 e. The van der Waals surface area contributed by atoms with Gasteiger partial charge in [0.05, 0.1) is 7.11 Å². The highest BCUT2D eigenvalue weighted by Gasteiger charge is 2.41. The molecule has 0 spiro atoms. The molecule has 2 rings (SSSR count). The van der Waals surface area contributed by atoms with E-state index in [0.29, 0.717) is 13.2 Å². The second kappa shape index (κ2) is 5.69. The normalized spacial score (nSPS) is 22.3. The molecule has 0 radical (unpaired) electrons. The molecule has 0 N–H and O–H groups in total. The van der Waals surface area contributed by atoms with Gasteiger partial charge in [-0.2, -0.15) is 0 Å². The standard InChI is InChI=1S/C13H21NO4/c1-9(13(16)17-2)14(11-3-4-11)12(15)10-5-7-18-8-6-10/h9-11H,3-8H2,1-2H3. The van der Waals surface area contributed by atoms with Gasteiger partial charge in [0.1, 0.15) is 6.04 Å². The molecule has 18 heavy (non-hydrogen) atoms. The van der Waals surface area contributed by atoms with Crippen LogP contribution in [-0.4, -0.2) is 49.2 Å². The zero-order valence-corrected chi connectivity index (χ0v) is 11.1. The van der Waals surface area contributed by atoms with E-state index in [0.717, 1.165) is 25.7 Å². The van der Waals surface area contributed by atoms with Crippen LogP contribution in [0, 0.1) is 5.92 Å². The quantitative estimate of drug-likeness (QED) is 0.702. The fourth-order valence-electron chi connectivity index (χ4n) is 2.48. The Balaban J connectivity index is 2.04.